The summed E-state index contributed by atoms with van der Waals surface area (Å²) in [6, 6.07) is 0. The van der Waals surface area contributed by atoms with Gasteiger partial charge in [0.2, 0.25) is 5.91 Å². The number of nitrogens with two attached hydrogens (primary N) is 1. The Kier molecular flexibility index (Phi) is 5.22. The molecule has 1 saturated heterocycles. The van der Waals surface area contributed by atoms with E-state index in [1.54, 1.807) is 4.90 Å². The van der Waals surface area contributed by atoms with E-state index in [2.05, 4.69) is 13.8 Å². The van der Waals surface area contributed by atoms with Crippen molar-refractivity contribution in [1.82, 2.24) is 4.90 Å². The van der Waals surface area contributed by atoms with E-state index in [9.17, 15) is 9.90 Å². The van der Waals surface area contributed by atoms with E-state index in [1.165, 1.54) is 0 Å². The Hall–Kier alpha value is -0.610. The quantitative estimate of drug-likeness (QED) is 0.724. The third-order valence-corrected chi connectivity index (χ3v) is 3.12. The van der Waals surface area contributed by atoms with Gasteiger partial charge in [0, 0.05) is 19.5 Å². The molecule has 0 bridgehead atoms. The van der Waals surface area contributed by atoms with Crippen LogP contribution in [0.25, 0.3) is 0 Å². The van der Waals surface area contributed by atoms with Crippen molar-refractivity contribution in [3.63, 3.8) is 0 Å². The molecule has 0 unspecified atom stereocenters. The summed E-state index contributed by atoms with van der Waals surface area (Å²) in [5.41, 5.74) is 5.68. The van der Waals surface area contributed by atoms with Crippen molar-refractivity contribution in [3.05, 3.63) is 0 Å². The summed E-state index contributed by atoms with van der Waals surface area (Å²) >= 11 is 0. The van der Waals surface area contributed by atoms with E-state index < -0.39 is 0 Å². The molecule has 0 saturated carbocycles. The van der Waals surface area contributed by atoms with Crippen LogP contribution < -0.4 is 5.73 Å². The second kappa shape index (κ2) is 6.21. The number of hydrogen-bond donors (Lipinski definition) is 2. The minimum atomic E-state index is -0.328. The minimum Gasteiger partial charge on any atom is -0.391 e. The molecule has 1 amide bonds. The molecule has 4 nitrogen and oxygen atoms in total. The lowest BCUT2D eigenvalue weighted by molar-refractivity contribution is -0.131. The Labute approximate surface area is 97.8 Å². The summed E-state index contributed by atoms with van der Waals surface area (Å²) in [5.74, 6) is 1.00. The largest absolute Gasteiger partial charge is 0.391 e. The summed E-state index contributed by atoms with van der Waals surface area (Å²) < 4.78 is 0. The maximum atomic E-state index is 11.9. The van der Waals surface area contributed by atoms with Crippen molar-refractivity contribution < 1.29 is 9.90 Å². The van der Waals surface area contributed by atoms with E-state index >= 15 is 0 Å². The predicted octanol–water partition coefficient (Wildman–Crippen LogP) is 0.591. The summed E-state index contributed by atoms with van der Waals surface area (Å²) in [5, 5.41) is 9.37. The lowest BCUT2D eigenvalue weighted by Crippen LogP contribution is -2.32. The molecular weight excluding hydrogens is 204 g/mol. The van der Waals surface area contributed by atoms with E-state index in [-0.39, 0.29) is 17.9 Å². The van der Waals surface area contributed by atoms with Crippen molar-refractivity contribution in [2.24, 2.45) is 17.6 Å². The maximum absolute atomic E-state index is 11.9. The Bertz CT molecular complexity index is 231. The highest BCUT2D eigenvalue weighted by molar-refractivity contribution is 5.76. The number of aliphatic hydroxyl groups is 1. The van der Waals surface area contributed by atoms with Gasteiger partial charge < -0.3 is 15.7 Å². The van der Waals surface area contributed by atoms with Gasteiger partial charge >= 0.3 is 0 Å². The fourth-order valence-corrected chi connectivity index (χ4v) is 2.27. The van der Waals surface area contributed by atoms with Crippen LogP contribution in [0.5, 0.6) is 0 Å². The Morgan fingerprint density at radius 2 is 2.25 bits per heavy atom. The third-order valence-electron chi connectivity index (χ3n) is 3.12. The van der Waals surface area contributed by atoms with Crippen molar-refractivity contribution in [2.45, 2.75) is 39.2 Å². The zero-order valence-electron chi connectivity index (χ0n) is 10.4. The van der Waals surface area contributed by atoms with Gasteiger partial charge in [0.1, 0.15) is 0 Å². The topological polar surface area (TPSA) is 66.6 Å². The van der Waals surface area contributed by atoms with Gasteiger partial charge in [0.25, 0.3) is 0 Å². The Morgan fingerprint density at radius 3 is 2.69 bits per heavy atom. The summed E-state index contributed by atoms with van der Waals surface area (Å²) in [7, 11) is 0. The minimum absolute atomic E-state index is 0.146. The molecule has 0 aliphatic carbocycles. The lowest BCUT2D eigenvalue weighted by atomic mass is 9.94. The fourth-order valence-electron chi connectivity index (χ4n) is 2.27. The zero-order valence-corrected chi connectivity index (χ0v) is 10.4. The molecule has 1 aliphatic rings. The number of carbonyl (C=O) groups excluding carboxylic acids is 1. The van der Waals surface area contributed by atoms with Crippen molar-refractivity contribution in [1.29, 1.82) is 0 Å². The Morgan fingerprint density at radius 1 is 1.56 bits per heavy atom. The number of likely N-dealkylation sites (tertiary alicyclic amines) is 1. The van der Waals surface area contributed by atoms with Crippen LogP contribution in [-0.4, -0.2) is 41.7 Å². The van der Waals surface area contributed by atoms with Crippen LogP contribution in [0.4, 0.5) is 0 Å². The van der Waals surface area contributed by atoms with Gasteiger partial charge in [-0.3, -0.25) is 4.79 Å². The molecule has 16 heavy (non-hydrogen) atoms. The molecule has 1 aliphatic heterocycles. The second-order valence-electron chi connectivity index (χ2n) is 5.22. The zero-order chi connectivity index (χ0) is 12.1. The molecule has 94 valence electrons. The van der Waals surface area contributed by atoms with Crippen LogP contribution in [0.15, 0.2) is 0 Å². The molecule has 0 aromatic heterocycles. The molecule has 4 heteroatoms. The first-order valence-electron chi connectivity index (χ1n) is 6.18. The smallest absolute Gasteiger partial charge is 0.222 e. The first-order valence-corrected chi connectivity index (χ1v) is 6.18. The third kappa shape index (κ3) is 4.10. The summed E-state index contributed by atoms with van der Waals surface area (Å²) in [6.45, 7) is 6.05. The van der Waals surface area contributed by atoms with E-state index in [0.29, 0.717) is 38.4 Å². The lowest BCUT2D eigenvalue weighted by Gasteiger charge is -2.21. The van der Waals surface area contributed by atoms with Gasteiger partial charge in [0.15, 0.2) is 0 Å². The average Bonchev–Trinajstić information content (AvgIpc) is 2.63. The number of β-amino-alcohol motifs (C(OH)–C–C–N with tert-alkyl or cyclic N) is 1. The predicted molar refractivity (Wildman–Crippen MR) is 63.8 cm³/mol. The van der Waals surface area contributed by atoms with Crippen molar-refractivity contribution in [2.75, 3.05) is 19.6 Å². The normalized spacial score (nSPS) is 22.8. The molecule has 0 aromatic carbocycles. The summed E-state index contributed by atoms with van der Waals surface area (Å²) in [6.07, 6.45) is 1.91. The highest BCUT2D eigenvalue weighted by Gasteiger charge is 2.26. The van der Waals surface area contributed by atoms with E-state index in [1.807, 2.05) is 0 Å². The van der Waals surface area contributed by atoms with Crippen LogP contribution in [-0.2, 0) is 4.79 Å². The van der Waals surface area contributed by atoms with Gasteiger partial charge in [-0.15, -0.1) is 0 Å². The first-order chi connectivity index (χ1) is 7.52. The van der Waals surface area contributed by atoms with E-state index in [0.717, 1.165) is 6.42 Å². The highest BCUT2D eigenvalue weighted by atomic mass is 16.3. The second-order valence-corrected chi connectivity index (χ2v) is 5.22. The molecule has 1 heterocycles. The SMILES string of the molecule is CC(C)C[C@H](CN)CC(=O)N1CC[C@H](O)C1. The first kappa shape index (κ1) is 13.5. The average molecular weight is 228 g/mol. The van der Waals surface area contributed by atoms with Crippen molar-refractivity contribution >= 4 is 5.91 Å². The standard InChI is InChI=1S/C12H24N2O2/c1-9(2)5-10(7-13)6-12(16)14-4-3-11(15)8-14/h9-11,15H,3-8,13H2,1-2H3/t10-,11-/m0/s1. The summed E-state index contributed by atoms with van der Waals surface area (Å²) in [4.78, 5) is 13.7. The number of nitrogens with zero attached hydrogens (tertiary/aromatic N) is 1. The van der Waals surface area contributed by atoms with Crippen molar-refractivity contribution in [3.8, 4) is 0 Å². The molecule has 0 radical (unpaired) electrons. The highest BCUT2D eigenvalue weighted by Crippen LogP contribution is 2.18. The number of carbonyl (C=O) groups is 1. The number of aliphatic hydroxyl groups excluding tert-OH is 1. The van der Waals surface area contributed by atoms with Crippen LogP contribution in [0.2, 0.25) is 0 Å². The van der Waals surface area contributed by atoms with Gasteiger partial charge in [-0.2, -0.15) is 0 Å². The fraction of sp³-hybridized carbons (Fsp3) is 0.917. The van der Waals surface area contributed by atoms with Crippen LogP contribution >= 0.6 is 0 Å². The van der Waals surface area contributed by atoms with Gasteiger partial charge in [-0.05, 0) is 31.2 Å². The Balaban J connectivity index is 2.36. The maximum Gasteiger partial charge on any atom is 0.222 e. The molecule has 0 aromatic rings. The van der Waals surface area contributed by atoms with Crippen LogP contribution in [0.1, 0.15) is 33.1 Å². The van der Waals surface area contributed by atoms with Gasteiger partial charge in [-0.25, -0.2) is 0 Å². The molecule has 1 rings (SSSR count). The molecular formula is C12H24N2O2. The van der Waals surface area contributed by atoms with Crippen LogP contribution in [0, 0.1) is 11.8 Å². The number of hydrogen-bond acceptors (Lipinski definition) is 3. The molecule has 2 atom stereocenters. The number of rotatable bonds is 5. The molecule has 0 spiro atoms. The molecule has 3 N–H and O–H groups in total. The number of amides is 1. The van der Waals surface area contributed by atoms with Crippen LogP contribution in [0.3, 0.4) is 0 Å². The van der Waals surface area contributed by atoms with E-state index in [4.69, 9.17) is 5.73 Å². The monoisotopic (exact) mass is 228 g/mol. The van der Waals surface area contributed by atoms with Gasteiger partial charge in [0.05, 0.1) is 6.10 Å². The molecule has 1 fully saturated rings. The van der Waals surface area contributed by atoms with Gasteiger partial charge in [-0.1, -0.05) is 13.8 Å².